The van der Waals surface area contributed by atoms with Crippen molar-refractivity contribution in [2.75, 3.05) is 13.1 Å². The molecule has 1 heterocycles. The summed E-state index contributed by atoms with van der Waals surface area (Å²) in [7, 11) is 0. The SMILES string of the molecule is CC1(C)CCN(C(=O)Cc2ccc(S)cc2)CC1. The molecule has 0 saturated carbocycles. The number of nitrogens with zero attached hydrogens (tertiary/aromatic N) is 1. The minimum atomic E-state index is 0.248. The third-order valence-electron chi connectivity index (χ3n) is 3.76. The van der Waals surface area contributed by atoms with Gasteiger partial charge in [-0.05, 0) is 36.0 Å². The van der Waals surface area contributed by atoms with E-state index in [4.69, 9.17) is 0 Å². The minimum absolute atomic E-state index is 0.248. The van der Waals surface area contributed by atoms with Gasteiger partial charge in [0.05, 0.1) is 6.42 Å². The van der Waals surface area contributed by atoms with Crippen molar-refractivity contribution in [3.63, 3.8) is 0 Å². The van der Waals surface area contributed by atoms with Crippen molar-refractivity contribution in [3.05, 3.63) is 29.8 Å². The number of thiol groups is 1. The zero-order chi connectivity index (χ0) is 13.2. The van der Waals surface area contributed by atoms with Gasteiger partial charge in [0.25, 0.3) is 0 Å². The Morgan fingerprint density at radius 3 is 2.33 bits per heavy atom. The molecule has 1 aliphatic heterocycles. The second-order valence-electron chi connectivity index (χ2n) is 5.89. The second kappa shape index (κ2) is 5.35. The van der Waals surface area contributed by atoms with E-state index in [2.05, 4.69) is 26.5 Å². The Kier molecular flexibility index (Phi) is 4.00. The molecular formula is C15H21NOS. The first-order valence-electron chi connectivity index (χ1n) is 6.52. The number of hydrogen-bond donors (Lipinski definition) is 1. The molecule has 2 nitrogen and oxygen atoms in total. The maximum atomic E-state index is 12.2. The molecule has 2 rings (SSSR count). The highest BCUT2D eigenvalue weighted by molar-refractivity contribution is 7.80. The van der Waals surface area contributed by atoms with Crippen LogP contribution in [0.25, 0.3) is 0 Å². The number of carbonyl (C=O) groups excluding carboxylic acids is 1. The Balaban J connectivity index is 1.91. The molecule has 98 valence electrons. The lowest BCUT2D eigenvalue weighted by molar-refractivity contribution is -0.132. The van der Waals surface area contributed by atoms with E-state index in [1.54, 1.807) is 0 Å². The molecule has 0 aliphatic carbocycles. The topological polar surface area (TPSA) is 20.3 Å². The van der Waals surface area contributed by atoms with Crippen molar-refractivity contribution < 1.29 is 4.79 Å². The summed E-state index contributed by atoms with van der Waals surface area (Å²) < 4.78 is 0. The van der Waals surface area contributed by atoms with Gasteiger partial charge in [0.15, 0.2) is 0 Å². The number of likely N-dealkylation sites (tertiary alicyclic amines) is 1. The second-order valence-corrected chi connectivity index (χ2v) is 6.40. The number of piperidine rings is 1. The monoisotopic (exact) mass is 263 g/mol. The molecule has 0 spiro atoms. The Hall–Kier alpha value is -0.960. The smallest absolute Gasteiger partial charge is 0.226 e. The fourth-order valence-electron chi connectivity index (χ4n) is 2.26. The predicted octanol–water partition coefficient (Wildman–Crippen LogP) is 3.17. The molecule has 1 aromatic rings. The van der Waals surface area contributed by atoms with Crippen molar-refractivity contribution >= 4 is 18.5 Å². The van der Waals surface area contributed by atoms with Gasteiger partial charge >= 0.3 is 0 Å². The molecule has 1 fully saturated rings. The molecule has 1 aliphatic rings. The molecule has 0 N–H and O–H groups in total. The largest absolute Gasteiger partial charge is 0.342 e. The summed E-state index contributed by atoms with van der Waals surface area (Å²) in [6.45, 7) is 6.35. The minimum Gasteiger partial charge on any atom is -0.342 e. The van der Waals surface area contributed by atoms with Crippen LogP contribution < -0.4 is 0 Å². The summed E-state index contributed by atoms with van der Waals surface area (Å²) in [5.41, 5.74) is 1.47. The van der Waals surface area contributed by atoms with E-state index in [0.717, 1.165) is 36.4 Å². The Morgan fingerprint density at radius 1 is 1.22 bits per heavy atom. The zero-order valence-electron chi connectivity index (χ0n) is 11.1. The molecule has 0 aromatic heterocycles. The lowest BCUT2D eigenvalue weighted by Gasteiger charge is -2.37. The maximum absolute atomic E-state index is 12.2. The quantitative estimate of drug-likeness (QED) is 0.813. The Bertz CT molecular complexity index is 415. The van der Waals surface area contributed by atoms with Crippen LogP contribution in [0, 0.1) is 5.41 Å². The van der Waals surface area contributed by atoms with Gasteiger partial charge in [0, 0.05) is 18.0 Å². The highest BCUT2D eigenvalue weighted by Gasteiger charge is 2.27. The van der Waals surface area contributed by atoms with Crippen molar-refractivity contribution in [3.8, 4) is 0 Å². The van der Waals surface area contributed by atoms with E-state index >= 15 is 0 Å². The fourth-order valence-corrected chi connectivity index (χ4v) is 2.41. The van der Waals surface area contributed by atoms with Crippen LogP contribution in [0.2, 0.25) is 0 Å². The summed E-state index contributed by atoms with van der Waals surface area (Å²) >= 11 is 4.25. The van der Waals surface area contributed by atoms with Crippen molar-refractivity contribution in [2.45, 2.75) is 38.0 Å². The molecule has 0 radical (unpaired) electrons. The van der Waals surface area contributed by atoms with Gasteiger partial charge in [-0.15, -0.1) is 12.6 Å². The number of rotatable bonds is 2. The Labute approximate surface area is 115 Å². The number of amides is 1. The van der Waals surface area contributed by atoms with E-state index in [1.165, 1.54) is 0 Å². The molecule has 1 saturated heterocycles. The van der Waals surface area contributed by atoms with E-state index in [-0.39, 0.29) is 5.91 Å². The summed E-state index contributed by atoms with van der Waals surface area (Å²) in [4.78, 5) is 15.1. The highest BCUT2D eigenvalue weighted by atomic mass is 32.1. The lowest BCUT2D eigenvalue weighted by atomic mass is 9.82. The van der Waals surface area contributed by atoms with E-state index < -0.39 is 0 Å². The summed E-state index contributed by atoms with van der Waals surface area (Å²) in [5.74, 6) is 0.248. The van der Waals surface area contributed by atoms with Crippen LogP contribution in [-0.4, -0.2) is 23.9 Å². The standard InChI is InChI=1S/C15H21NOS/c1-15(2)7-9-16(10-8-15)14(17)11-12-3-5-13(18)6-4-12/h3-6,18H,7-11H2,1-2H3. The summed E-state index contributed by atoms with van der Waals surface area (Å²) in [6.07, 6.45) is 2.72. The third kappa shape index (κ3) is 3.52. The molecule has 0 bridgehead atoms. The maximum Gasteiger partial charge on any atom is 0.226 e. The molecule has 1 amide bonds. The first-order chi connectivity index (χ1) is 8.46. The van der Waals surface area contributed by atoms with Gasteiger partial charge in [0.2, 0.25) is 5.91 Å². The van der Waals surface area contributed by atoms with Crippen LogP contribution in [0.5, 0.6) is 0 Å². The predicted molar refractivity (Wildman–Crippen MR) is 77.0 cm³/mol. The summed E-state index contributed by atoms with van der Waals surface area (Å²) in [5, 5.41) is 0. The van der Waals surface area contributed by atoms with E-state index in [0.29, 0.717) is 11.8 Å². The van der Waals surface area contributed by atoms with Crippen LogP contribution in [0.1, 0.15) is 32.3 Å². The van der Waals surface area contributed by atoms with Crippen molar-refractivity contribution in [1.82, 2.24) is 4.90 Å². The van der Waals surface area contributed by atoms with Crippen LogP contribution in [0.3, 0.4) is 0 Å². The van der Waals surface area contributed by atoms with Gasteiger partial charge in [-0.3, -0.25) is 4.79 Å². The zero-order valence-corrected chi connectivity index (χ0v) is 12.0. The van der Waals surface area contributed by atoms with Crippen LogP contribution in [-0.2, 0) is 11.2 Å². The van der Waals surface area contributed by atoms with Crippen LogP contribution in [0.4, 0.5) is 0 Å². The molecular weight excluding hydrogens is 242 g/mol. The van der Waals surface area contributed by atoms with E-state index in [9.17, 15) is 4.79 Å². The molecule has 1 aromatic carbocycles. The van der Waals surface area contributed by atoms with Crippen molar-refractivity contribution in [2.24, 2.45) is 5.41 Å². The Morgan fingerprint density at radius 2 is 1.78 bits per heavy atom. The molecule has 0 unspecified atom stereocenters. The van der Waals surface area contributed by atoms with Crippen LogP contribution in [0.15, 0.2) is 29.2 Å². The molecule has 0 atom stereocenters. The third-order valence-corrected chi connectivity index (χ3v) is 4.06. The number of hydrogen-bond acceptors (Lipinski definition) is 2. The van der Waals surface area contributed by atoms with Gasteiger partial charge in [-0.25, -0.2) is 0 Å². The van der Waals surface area contributed by atoms with Gasteiger partial charge in [-0.1, -0.05) is 26.0 Å². The number of carbonyl (C=O) groups is 1. The first kappa shape index (κ1) is 13.5. The van der Waals surface area contributed by atoms with Crippen molar-refractivity contribution in [1.29, 1.82) is 0 Å². The van der Waals surface area contributed by atoms with Gasteiger partial charge in [-0.2, -0.15) is 0 Å². The van der Waals surface area contributed by atoms with Gasteiger partial charge in [0.1, 0.15) is 0 Å². The molecule has 3 heteroatoms. The van der Waals surface area contributed by atoms with Crippen LogP contribution >= 0.6 is 12.6 Å². The normalized spacial score (nSPS) is 18.7. The first-order valence-corrected chi connectivity index (χ1v) is 6.97. The molecule has 18 heavy (non-hydrogen) atoms. The number of benzene rings is 1. The average molecular weight is 263 g/mol. The summed E-state index contributed by atoms with van der Waals surface area (Å²) in [6, 6.07) is 7.83. The highest BCUT2D eigenvalue weighted by Crippen LogP contribution is 2.29. The fraction of sp³-hybridized carbons (Fsp3) is 0.533. The lowest BCUT2D eigenvalue weighted by Crippen LogP contribution is -2.41. The van der Waals surface area contributed by atoms with Gasteiger partial charge < -0.3 is 4.90 Å². The van der Waals surface area contributed by atoms with E-state index in [1.807, 2.05) is 29.2 Å². The average Bonchev–Trinajstić information content (AvgIpc) is 2.32.